The first-order chi connectivity index (χ1) is 13.1. The molecule has 2 heterocycles. The van der Waals surface area contributed by atoms with Crippen LogP contribution in [0.2, 0.25) is 0 Å². The first-order valence-corrected chi connectivity index (χ1v) is 9.68. The number of imidazole rings is 1. The Morgan fingerprint density at radius 1 is 1.22 bits per heavy atom. The van der Waals surface area contributed by atoms with Crippen molar-refractivity contribution >= 4 is 33.4 Å². The molecule has 1 atom stereocenters. The maximum atomic E-state index is 12.9. The highest BCUT2D eigenvalue weighted by Crippen LogP contribution is 2.29. The van der Waals surface area contributed by atoms with Crippen molar-refractivity contribution < 1.29 is 9.47 Å². The summed E-state index contributed by atoms with van der Waals surface area (Å²) in [6.07, 6.45) is 2.89. The molecular formula is C21H20N2O3S. The van der Waals surface area contributed by atoms with E-state index in [-0.39, 0.29) is 11.7 Å². The lowest BCUT2D eigenvalue weighted by Crippen LogP contribution is -2.22. The number of nitrogens with zero attached hydrogens (tertiary/aromatic N) is 2. The molecule has 0 amide bonds. The smallest absolute Gasteiger partial charge is 0.274 e. The van der Waals surface area contributed by atoms with Gasteiger partial charge in [-0.15, -0.1) is 0 Å². The van der Waals surface area contributed by atoms with Crippen molar-refractivity contribution in [3.8, 4) is 11.5 Å². The monoisotopic (exact) mass is 380 g/mol. The van der Waals surface area contributed by atoms with Crippen LogP contribution in [0.5, 0.6) is 11.5 Å². The molecule has 0 unspecified atom stereocenters. The van der Waals surface area contributed by atoms with E-state index in [1.54, 1.807) is 11.5 Å². The van der Waals surface area contributed by atoms with E-state index in [4.69, 9.17) is 9.47 Å². The minimum atomic E-state index is -0.0531. The van der Waals surface area contributed by atoms with Gasteiger partial charge in [0, 0.05) is 0 Å². The van der Waals surface area contributed by atoms with Crippen LogP contribution in [0.15, 0.2) is 47.3 Å². The first-order valence-electron chi connectivity index (χ1n) is 8.87. The Labute approximate surface area is 160 Å². The maximum absolute atomic E-state index is 12.9. The summed E-state index contributed by atoms with van der Waals surface area (Å²) in [5.41, 5.74) is 2.50. The fourth-order valence-electron chi connectivity index (χ4n) is 2.93. The highest BCUT2D eigenvalue weighted by Gasteiger charge is 2.12. The Morgan fingerprint density at radius 2 is 2.04 bits per heavy atom. The molecule has 6 heteroatoms. The standard InChI is InChI=1S/C21H20N2O3S/c1-4-13(2)26-17-10-9-14(11-18(17)25-3)12-19-20(24)23-16-8-6-5-7-15(16)22-21(23)27-19/h5-13H,4H2,1-3H3/b19-12-/t13-/m1/s1. The van der Waals surface area contributed by atoms with Crippen LogP contribution in [-0.4, -0.2) is 22.6 Å². The zero-order valence-corrected chi connectivity index (χ0v) is 16.2. The number of para-hydroxylation sites is 2. The second kappa shape index (κ2) is 7.04. The van der Waals surface area contributed by atoms with Crippen molar-refractivity contribution in [2.24, 2.45) is 0 Å². The molecule has 4 rings (SSSR count). The fourth-order valence-corrected chi connectivity index (χ4v) is 3.92. The number of hydrogen-bond acceptors (Lipinski definition) is 5. The third-order valence-corrected chi connectivity index (χ3v) is 5.50. The maximum Gasteiger partial charge on any atom is 0.274 e. The van der Waals surface area contributed by atoms with Crippen LogP contribution in [0.3, 0.4) is 0 Å². The highest BCUT2D eigenvalue weighted by atomic mass is 32.1. The number of methoxy groups -OCH3 is 1. The number of thiazole rings is 1. The van der Waals surface area contributed by atoms with Crippen molar-refractivity contribution in [1.29, 1.82) is 0 Å². The summed E-state index contributed by atoms with van der Waals surface area (Å²) in [5.74, 6) is 1.36. The summed E-state index contributed by atoms with van der Waals surface area (Å²) in [6, 6.07) is 13.4. The predicted octanol–water partition coefficient (Wildman–Crippen LogP) is 3.64. The van der Waals surface area contributed by atoms with E-state index in [1.807, 2.05) is 55.5 Å². The van der Waals surface area contributed by atoms with Crippen molar-refractivity contribution in [3.05, 3.63) is 62.9 Å². The SMILES string of the molecule is CC[C@@H](C)Oc1ccc(/C=c2\sc3nc4ccccc4n3c2=O)cc1OC. The summed E-state index contributed by atoms with van der Waals surface area (Å²) in [5, 5.41) is 0. The first kappa shape index (κ1) is 17.5. The summed E-state index contributed by atoms with van der Waals surface area (Å²) >= 11 is 1.39. The molecule has 0 aliphatic heterocycles. The molecule has 0 saturated heterocycles. The molecule has 4 aromatic rings. The van der Waals surface area contributed by atoms with Gasteiger partial charge >= 0.3 is 0 Å². The molecule has 0 spiro atoms. The van der Waals surface area contributed by atoms with Gasteiger partial charge in [-0.25, -0.2) is 9.38 Å². The van der Waals surface area contributed by atoms with Crippen LogP contribution in [0.4, 0.5) is 0 Å². The normalized spacial score (nSPS) is 13.4. The second-order valence-electron chi connectivity index (χ2n) is 6.38. The van der Waals surface area contributed by atoms with E-state index in [2.05, 4.69) is 11.9 Å². The largest absolute Gasteiger partial charge is 0.493 e. The van der Waals surface area contributed by atoms with Gasteiger partial charge < -0.3 is 9.47 Å². The molecule has 2 aromatic heterocycles. The van der Waals surface area contributed by atoms with Crippen LogP contribution >= 0.6 is 11.3 Å². The third kappa shape index (κ3) is 3.17. The Hall–Kier alpha value is -2.86. The van der Waals surface area contributed by atoms with E-state index in [0.29, 0.717) is 21.0 Å². The predicted molar refractivity (Wildman–Crippen MR) is 109 cm³/mol. The van der Waals surface area contributed by atoms with E-state index in [0.717, 1.165) is 23.0 Å². The molecule has 0 aliphatic carbocycles. The van der Waals surface area contributed by atoms with Crippen molar-refractivity contribution in [3.63, 3.8) is 0 Å². The number of rotatable bonds is 5. The fraction of sp³-hybridized carbons (Fsp3) is 0.238. The van der Waals surface area contributed by atoms with Crippen LogP contribution < -0.4 is 19.6 Å². The van der Waals surface area contributed by atoms with Crippen LogP contribution in [0, 0.1) is 0 Å². The Balaban J connectivity index is 1.79. The molecule has 2 aromatic carbocycles. The average molecular weight is 380 g/mol. The lowest BCUT2D eigenvalue weighted by Gasteiger charge is -2.15. The summed E-state index contributed by atoms with van der Waals surface area (Å²) in [7, 11) is 1.62. The molecule has 0 N–H and O–H groups in total. The van der Waals surface area contributed by atoms with E-state index in [9.17, 15) is 4.79 Å². The Kier molecular flexibility index (Phi) is 4.58. The number of fused-ring (bicyclic) bond motifs is 3. The van der Waals surface area contributed by atoms with Gasteiger partial charge in [-0.05, 0) is 49.2 Å². The molecule has 0 fully saturated rings. The third-order valence-electron chi connectivity index (χ3n) is 4.53. The number of hydrogen-bond donors (Lipinski definition) is 0. The van der Waals surface area contributed by atoms with Crippen molar-refractivity contribution in [1.82, 2.24) is 9.38 Å². The van der Waals surface area contributed by atoms with Gasteiger partial charge in [0.1, 0.15) is 0 Å². The number of aromatic nitrogens is 2. The van der Waals surface area contributed by atoms with Gasteiger partial charge in [-0.1, -0.05) is 36.5 Å². The molecular weight excluding hydrogens is 360 g/mol. The molecule has 0 bridgehead atoms. The second-order valence-corrected chi connectivity index (χ2v) is 7.39. The van der Waals surface area contributed by atoms with E-state index >= 15 is 0 Å². The van der Waals surface area contributed by atoms with Gasteiger partial charge in [0.15, 0.2) is 16.5 Å². The molecule has 5 nitrogen and oxygen atoms in total. The summed E-state index contributed by atoms with van der Waals surface area (Å²) in [6.45, 7) is 4.10. The summed E-state index contributed by atoms with van der Waals surface area (Å²) in [4.78, 5) is 18.1. The lowest BCUT2D eigenvalue weighted by molar-refractivity contribution is 0.207. The van der Waals surface area contributed by atoms with Crippen LogP contribution in [0.25, 0.3) is 22.1 Å². The molecule has 0 saturated carbocycles. The van der Waals surface area contributed by atoms with E-state index in [1.165, 1.54) is 11.3 Å². The highest BCUT2D eigenvalue weighted by molar-refractivity contribution is 7.15. The van der Waals surface area contributed by atoms with Gasteiger partial charge in [0.05, 0.1) is 28.8 Å². The summed E-state index contributed by atoms with van der Waals surface area (Å²) < 4.78 is 13.7. The molecule has 0 aliphatic rings. The molecule has 138 valence electrons. The molecule has 27 heavy (non-hydrogen) atoms. The van der Waals surface area contributed by atoms with Crippen molar-refractivity contribution in [2.45, 2.75) is 26.4 Å². The van der Waals surface area contributed by atoms with Crippen molar-refractivity contribution in [2.75, 3.05) is 7.11 Å². The number of ether oxygens (including phenoxy) is 2. The quantitative estimate of drug-likeness (QED) is 0.530. The minimum absolute atomic E-state index is 0.0531. The van der Waals surface area contributed by atoms with Gasteiger partial charge in [0.25, 0.3) is 5.56 Å². The average Bonchev–Trinajstić information content (AvgIpc) is 3.19. The Morgan fingerprint density at radius 3 is 2.81 bits per heavy atom. The van der Waals surface area contributed by atoms with Gasteiger partial charge in [0.2, 0.25) is 0 Å². The zero-order valence-electron chi connectivity index (χ0n) is 15.4. The van der Waals surface area contributed by atoms with Gasteiger partial charge in [-0.2, -0.15) is 0 Å². The zero-order chi connectivity index (χ0) is 19.0. The Bertz CT molecular complexity index is 1230. The topological polar surface area (TPSA) is 52.8 Å². The van der Waals surface area contributed by atoms with E-state index < -0.39 is 0 Å². The molecule has 0 radical (unpaired) electrons. The number of benzene rings is 2. The minimum Gasteiger partial charge on any atom is -0.493 e. The lowest BCUT2D eigenvalue weighted by atomic mass is 10.2. The van der Waals surface area contributed by atoms with Crippen LogP contribution in [-0.2, 0) is 0 Å². The van der Waals surface area contributed by atoms with Gasteiger partial charge in [-0.3, -0.25) is 4.79 Å². The van der Waals surface area contributed by atoms with Crippen LogP contribution in [0.1, 0.15) is 25.8 Å².